The second-order valence-electron chi connectivity index (χ2n) is 5.81. The van der Waals surface area contributed by atoms with Crippen LogP contribution in [0.1, 0.15) is 19.3 Å². The molecule has 0 N–H and O–H groups in total. The van der Waals surface area contributed by atoms with E-state index in [0.29, 0.717) is 0 Å². The third kappa shape index (κ3) is 4.58. The van der Waals surface area contributed by atoms with Gasteiger partial charge in [-0.25, -0.2) is 0 Å². The van der Waals surface area contributed by atoms with E-state index in [4.69, 9.17) is 4.43 Å². The summed E-state index contributed by atoms with van der Waals surface area (Å²) in [4.78, 5) is 0. The third-order valence-corrected chi connectivity index (χ3v) is 4.13. The molecule has 3 heteroatoms. The van der Waals surface area contributed by atoms with E-state index in [9.17, 15) is 0 Å². The first-order valence-electron chi connectivity index (χ1n) is 5.89. The molecule has 0 bridgehead atoms. The molecule has 1 fully saturated rings. The second kappa shape index (κ2) is 4.77. The van der Waals surface area contributed by atoms with E-state index in [-0.39, 0.29) is 0 Å². The number of quaternary nitrogens is 1. The standard InChI is InChI=1S/C11H26NOSi/c1-12(8-6-5-7-9-12)10-11-13-14(2,3)4/h5-11H2,1-4H3/q+1. The molecule has 1 saturated heterocycles. The number of hydrogen-bond acceptors (Lipinski definition) is 1. The fraction of sp³-hybridized carbons (Fsp3) is 1.00. The number of likely N-dealkylation sites (tertiary alicyclic amines) is 1. The number of nitrogens with zero attached hydrogens (tertiary/aromatic N) is 1. The van der Waals surface area contributed by atoms with Crippen LogP contribution >= 0.6 is 0 Å². The molecule has 2 nitrogen and oxygen atoms in total. The van der Waals surface area contributed by atoms with Gasteiger partial charge in [0.25, 0.3) is 0 Å². The summed E-state index contributed by atoms with van der Waals surface area (Å²) in [5, 5.41) is 0. The van der Waals surface area contributed by atoms with Crippen LogP contribution in [0.2, 0.25) is 19.6 Å². The zero-order valence-electron chi connectivity index (χ0n) is 10.3. The molecule has 1 aliphatic heterocycles. The van der Waals surface area contributed by atoms with E-state index in [1.165, 1.54) is 43.4 Å². The van der Waals surface area contributed by atoms with Crippen LogP contribution in [-0.4, -0.2) is 46.1 Å². The van der Waals surface area contributed by atoms with Gasteiger partial charge in [0.1, 0.15) is 6.54 Å². The zero-order valence-corrected chi connectivity index (χ0v) is 11.3. The Balaban J connectivity index is 2.22. The number of likely N-dealkylation sites (N-methyl/N-ethyl adjacent to an activating group) is 1. The molecule has 0 aromatic carbocycles. The Morgan fingerprint density at radius 1 is 1.07 bits per heavy atom. The lowest BCUT2D eigenvalue weighted by Gasteiger charge is -2.38. The minimum Gasteiger partial charge on any atom is -0.412 e. The molecule has 0 saturated carbocycles. The Kier molecular flexibility index (Phi) is 4.16. The van der Waals surface area contributed by atoms with Gasteiger partial charge in [-0.2, -0.15) is 0 Å². The molecule has 0 spiro atoms. The molecule has 0 aromatic rings. The van der Waals surface area contributed by atoms with Crippen molar-refractivity contribution in [2.45, 2.75) is 38.9 Å². The summed E-state index contributed by atoms with van der Waals surface area (Å²) >= 11 is 0. The Morgan fingerprint density at radius 2 is 1.64 bits per heavy atom. The maximum Gasteiger partial charge on any atom is 0.184 e. The van der Waals surface area contributed by atoms with Gasteiger partial charge in [0.15, 0.2) is 8.32 Å². The smallest absolute Gasteiger partial charge is 0.184 e. The molecule has 0 amide bonds. The molecule has 1 rings (SSSR count). The largest absolute Gasteiger partial charge is 0.412 e. The summed E-state index contributed by atoms with van der Waals surface area (Å²) in [6.07, 6.45) is 4.25. The van der Waals surface area contributed by atoms with E-state index >= 15 is 0 Å². The van der Waals surface area contributed by atoms with Crippen LogP contribution in [0.15, 0.2) is 0 Å². The summed E-state index contributed by atoms with van der Waals surface area (Å²) in [5.74, 6) is 0. The molecule has 14 heavy (non-hydrogen) atoms. The van der Waals surface area contributed by atoms with Crippen LogP contribution in [-0.2, 0) is 4.43 Å². The minimum atomic E-state index is -1.28. The molecule has 1 aliphatic rings. The summed E-state index contributed by atoms with van der Waals surface area (Å²) in [6, 6.07) is 0. The van der Waals surface area contributed by atoms with Crippen LogP contribution in [0.4, 0.5) is 0 Å². The van der Waals surface area contributed by atoms with Crippen molar-refractivity contribution in [3.8, 4) is 0 Å². The lowest BCUT2D eigenvalue weighted by molar-refractivity contribution is -0.914. The molecule has 0 atom stereocenters. The lowest BCUT2D eigenvalue weighted by atomic mass is 10.1. The zero-order chi connectivity index (χ0) is 10.7. The van der Waals surface area contributed by atoms with Crippen molar-refractivity contribution in [3.05, 3.63) is 0 Å². The Morgan fingerprint density at radius 3 is 2.14 bits per heavy atom. The molecular weight excluding hydrogens is 190 g/mol. The molecule has 0 unspecified atom stereocenters. The van der Waals surface area contributed by atoms with Crippen molar-refractivity contribution in [1.29, 1.82) is 0 Å². The Hall–Kier alpha value is 0.137. The van der Waals surface area contributed by atoms with Gasteiger partial charge in [-0.1, -0.05) is 0 Å². The molecule has 0 aromatic heterocycles. The van der Waals surface area contributed by atoms with E-state index in [2.05, 4.69) is 26.7 Å². The summed E-state index contributed by atoms with van der Waals surface area (Å²) in [6.45, 7) is 11.7. The van der Waals surface area contributed by atoms with Gasteiger partial charge in [-0.15, -0.1) is 0 Å². The highest BCUT2D eigenvalue weighted by atomic mass is 28.4. The van der Waals surface area contributed by atoms with E-state index in [1.54, 1.807) is 0 Å². The molecular formula is C11H26NOSi+. The maximum absolute atomic E-state index is 5.92. The van der Waals surface area contributed by atoms with Crippen molar-refractivity contribution in [2.75, 3.05) is 33.3 Å². The summed E-state index contributed by atoms with van der Waals surface area (Å²) in [5.41, 5.74) is 0. The van der Waals surface area contributed by atoms with Gasteiger partial charge in [0, 0.05) is 0 Å². The molecule has 1 heterocycles. The maximum atomic E-state index is 5.92. The highest BCUT2D eigenvalue weighted by molar-refractivity contribution is 6.69. The topological polar surface area (TPSA) is 9.23 Å². The molecule has 84 valence electrons. The van der Waals surface area contributed by atoms with Crippen LogP contribution in [0, 0.1) is 0 Å². The van der Waals surface area contributed by atoms with Gasteiger partial charge in [-0.05, 0) is 38.9 Å². The van der Waals surface area contributed by atoms with Crippen LogP contribution in [0.3, 0.4) is 0 Å². The van der Waals surface area contributed by atoms with Crippen LogP contribution < -0.4 is 0 Å². The normalized spacial score (nSPS) is 22.3. The fourth-order valence-electron chi connectivity index (χ4n) is 2.07. The fourth-order valence-corrected chi connectivity index (χ4v) is 2.78. The van der Waals surface area contributed by atoms with Crippen molar-refractivity contribution in [1.82, 2.24) is 0 Å². The number of hydrogen-bond donors (Lipinski definition) is 0. The number of rotatable bonds is 4. The minimum absolute atomic E-state index is 0.965. The van der Waals surface area contributed by atoms with Crippen molar-refractivity contribution < 1.29 is 8.91 Å². The van der Waals surface area contributed by atoms with Crippen LogP contribution in [0.25, 0.3) is 0 Å². The first-order chi connectivity index (χ1) is 6.41. The highest BCUT2D eigenvalue weighted by Crippen LogP contribution is 2.16. The Labute approximate surface area is 90.0 Å². The summed E-state index contributed by atoms with van der Waals surface area (Å²) < 4.78 is 7.16. The third-order valence-electron chi connectivity index (χ3n) is 3.06. The van der Waals surface area contributed by atoms with Gasteiger partial charge >= 0.3 is 0 Å². The first-order valence-corrected chi connectivity index (χ1v) is 9.30. The summed E-state index contributed by atoms with van der Waals surface area (Å²) in [7, 11) is 1.10. The second-order valence-corrected chi connectivity index (χ2v) is 10.3. The van der Waals surface area contributed by atoms with Crippen LogP contribution in [0.5, 0.6) is 0 Å². The predicted molar refractivity (Wildman–Crippen MR) is 63.9 cm³/mol. The quantitative estimate of drug-likeness (QED) is 0.518. The number of piperidine rings is 1. The van der Waals surface area contributed by atoms with Gasteiger partial charge < -0.3 is 8.91 Å². The van der Waals surface area contributed by atoms with Gasteiger partial charge in [0.2, 0.25) is 0 Å². The Bertz CT molecular complexity index is 171. The highest BCUT2D eigenvalue weighted by Gasteiger charge is 2.25. The predicted octanol–water partition coefficient (Wildman–Crippen LogP) is 2.47. The SMILES string of the molecule is C[N+]1(CCO[Si](C)(C)C)CCCCC1. The molecule has 0 aliphatic carbocycles. The van der Waals surface area contributed by atoms with Gasteiger partial charge in [-0.3, -0.25) is 0 Å². The average Bonchev–Trinajstić information content (AvgIpc) is 2.02. The van der Waals surface area contributed by atoms with Crippen molar-refractivity contribution in [3.63, 3.8) is 0 Å². The average molecular weight is 216 g/mol. The monoisotopic (exact) mass is 216 g/mol. The van der Waals surface area contributed by atoms with Gasteiger partial charge in [0.05, 0.1) is 26.7 Å². The van der Waals surface area contributed by atoms with E-state index in [1.807, 2.05) is 0 Å². The van der Waals surface area contributed by atoms with Crippen molar-refractivity contribution >= 4 is 8.32 Å². The van der Waals surface area contributed by atoms with E-state index < -0.39 is 8.32 Å². The van der Waals surface area contributed by atoms with E-state index in [0.717, 1.165) is 6.61 Å². The lowest BCUT2D eigenvalue weighted by Crippen LogP contribution is -2.50. The first kappa shape index (κ1) is 12.2. The van der Waals surface area contributed by atoms with Crippen molar-refractivity contribution in [2.24, 2.45) is 0 Å². The molecule has 0 radical (unpaired) electrons.